The first-order chi connectivity index (χ1) is 6.38. The van der Waals surface area contributed by atoms with Crippen LogP contribution in [0.25, 0.3) is 0 Å². The zero-order valence-corrected chi connectivity index (χ0v) is 8.48. The maximum Gasteiger partial charge on any atom is 0.451 e. The Balaban J connectivity index is 3.25. The number of hydrogen-bond donors (Lipinski definition) is 0. The highest BCUT2D eigenvalue weighted by atomic mass is 32.2. The van der Waals surface area contributed by atoms with E-state index in [4.69, 9.17) is 0 Å². The molecule has 0 aliphatic heterocycles. The van der Waals surface area contributed by atoms with Crippen LogP contribution >= 0.6 is 11.8 Å². The molecule has 0 aliphatic rings. The molecule has 1 heterocycles. The average molecular weight is 224 g/mol. The van der Waals surface area contributed by atoms with Gasteiger partial charge in [0.1, 0.15) is 0 Å². The number of rotatable bonds is 2. The van der Waals surface area contributed by atoms with Gasteiger partial charge in [-0.05, 0) is 13.8 Å². The highest BCUT2D eigenvalue weighted by Crippen LogP contribution is 2.32. The smallest absolute Gasteiger partial charge is 0.296 e. The first-order valence-electron chi connectivity index (χ1n) is 3.82. The van der Waals surface area contributed by atoms with Crippen LogP contribution in [-0.2, 0) is 6.18 Å². The lowest BCUT2D eigenvalue weighted by atomic mass is 10.4. The molecule has 0 N–H and O–H groups in total. The summed E-state index contributed by atoms with van der Waals surface area (Å²) < 4.78 is 38.2. The summed E-state index contributed by atoms with van der Waals surface area (Å²) in [5.74, 6) is -0.973. The topological polar surface area (TPSA) is 30.7 Å². The van der Waals surface area contributed by atoms with Crippen molar-refractivity contribution in [2.75, 3.05) is 0 Å². The molecule has 14 heavy (non-hydrogen) atoms. The largest absolute Gasteiger partial charge is 0.451 e. The lowest BCUT2D eigenvalue weighted by Crippen LogP contribution is -2.16. The first kappa shape index (κ1) is 11.4. The summed E-state index contributed by atoms with van der Waals surface area (Å²) in [7, 11) is 0. The molecular formula is C7H9F3N3S. The third-order valence-corrected chi connectivity index (χ3v) is 2.10. The van der Waals surface area contributed by atoms with E-state index in [0.29, 0.717) is 0 Å². The van der Waals surface area contributed by atoms with Gasteiger partial charge in [0.15, 0.2) is 5.16 Å². The Hall–Kier alpha value is -0.720. The fraction of sp³-hybridized carbons (Fsp3) is 0.571. The second-order valence-corrected chi connectivity index (χ2v) is 3.57. The Morgan fingerprint density at radius 1 is 1.36 bits per heavy atom. The fourth-order valence-electron chi connectivity index (χ4n) is 1.03. The first-order valence-corrected chi connectivity index (χ1v) is 4.80. The average Bonchev–Trinajstić information content (AvgIpc) is 2.45. The van der Waals surface area contributed by atoms with Crippen LogP contribution in [0.15, 0.2) is 5.16 Å². The molecule has 1 aromatic heterocycles. The lowest BCUT2D eigenvalue weighted by molar-refractivity contribution is -0.148. The third kappa shape index (κ3) is 2.02. The van der Waals surface area contributed by atoms with Crippen LogP contribution in [0.3, 0.4) is 0 Å². The summed E-state index contributed by atoms with van der Waals surface area (Å²) in [6, 6.07) is -0.342. The van der Waals surface area contributed by atoms with E-state index >= 15 is 0 Å². The van der Waals surface area contributed by atoms with E-state index in [-0.39, 0.29) is 11.2 Å². The van der Waals surface area contributed by atoms with E-state index in [1.807, 2.05) is 0 Å². The molecule has 0 amide bonds. The van der Waals surface area contributed by atoms with Crippen LogP contribution in [-0.4, -0.2) is 14.8 Å². The zero-order chi connectivity index (χ0) is 10.9. The summed E-state index contributed by atoms with van der Waals surface area (Å²) in [6.45, 7) is 3.27. The van der Waals surface area contributed by atoms with Crippen molar-refractivity contribution in [3.63, 3.8) is 0 Å². The molecule has 0 aliphatic carbocycles. The summed E-state index contributed by atoms with van der Waals surface area (Å²) >= 11 is 0.900. The van der Waals surface area contributed by atoms with Gasteiger partial charge in [-0.1, -0.05) is 11.8 Å². The van der Waals surface area contributed by atoms with Gasteiger partial charge in [-0.25, -0.2) is 0 Å². The van der Waals surface area contributed by atoms with Gasteiger partial charge in [0, 0.05) is 12.3 Å². The van der Waals surface area contributed by atoms with Gasteiger partial charge in [-0.3, -0.25) is 4.57 Å². The molecule has 1 rings (SSSR count). The molecule has 3 nitrogen and oxygen atoms in total. The Morgan fingerprint density at radius 2 is 1.93 bits per heavy atom. The van der Waals surface area contributed by atoms with Crippen molar-refractivity contribution < 1.29 is 13.2 Å². The summed E-state index contributed by atoms with van der Waals surface area (Å²) in [5.41, 5.74) is 0. The van der Waals surface area contributed by atoms with E-state index in [9.17, 15) is 13.2 Å². The predicted molar refractivity (Wildman–Crippen MR) is 46.6 cm³/mol. The maximum atomic E-state index is 12.4. The van der Waals surface area contributed by atoms with Crippen molar-refractivity contribution >= 4 is 11.8 Å². The van der Waals surface area contributed by atoms with E-state index in [2.05, 4.69) is 16.5 Å². The number of alkyl halides is 3. The third-order valence-electron chi connectivity index (χ3n) is 1.56. The Kier molecular flexibility index (Phi) is 3.08. The molecule has 0 atom stereocenters. The van der Waals surface area contributed by atoms with Crippen molar-refractivity contribution in [1.29, 1.82) is 0 Å². The molecular weight excluding hydrogens is 215 g/mol. The van der Waals surface area contributed by atoms with Crippen LogP contribution < -0.4 is 0 Å². The summed E-state index contributed by atoms with van der Waals surface area (Å²) in [6.07, 6.45) is -1.05. The van der Waals surface area contributed by atoms with Gasteiger partial charge < -0.3 is 0 Å². The van der Waals surface area contributed by atoms with Crippen LogP contribution in [0.2, 0.25) is 0 Å². The number of nitrogens with zero attached hydrogens (tertiary/aromatic N) is 3. The monoisotopic (exact) mass is 224 g/mol. The zero-order valence-electron chi connectivity index (χ0n) is 7.67. The predicted octanol–water partition coefficient (Wildman–Crippen LogP) is 2.76. The van der Waals surface area contributed by atoms with Gasteiger partial charge in [0.2, 0.25) is 5.82 Å². The number of halogens is 3. The second-order valence-electron chi connectivity index (χ2n) is 2.91. The molecule has 7 heteroatoms. The van der Waals surface area contributed by atoms with Crippen molar-refractivity contribution in [2.45, 2.75) is 31.2 Å². The Bertz CT molecular complexity index is 318. The minimum absolute atomic E-state index is 0.173. The van der Waals surface area contributed by atoms with Gasteiger partial charge >= 0.3 is 6.18 Å². The molecule has 0 saturated heterocycles. The van der Waals surface area contributed by atoms with Crippen molar-refractivity contribution in [3.8, 4) is 0 Å². The molecule has 0 unspecified atom stereocenters. The second kappa shape index (κ2) is 3.80. The maximum absolute atomic E-state index is 12.4. The molecule has 1 aromatic rings. The van der Waals surface area contributed by atoms with E-state index < -0.39 is 12.0 Å². The Labute approximate surface area is 83.7 Å². The van der Waals surface area contributed by atoms with Gasteiger partial charge in [0.25, 0.3) is 0 Å². The molecule has 1 radical (unpaired) electrons. The molecule has 0 bridgehead atoms. The van der Waals surface area contributed by atoms with Crippen LogP contribution in [0.1, 0.15) is 25.7 Å². The number of aromatic nitrogens is 3. The molecule has 79 valence electrons. The fourth-order valence-corrected chi connectivity index (χ4v) is 1.57. The SMILES string of the molecule is [CH2]Sc1nnc(C(F)(F)F)n1C(C)C. The van der Waals surface area contributed by atoms with E-state index in [1.54, 1.807) is 13.8 Å². The van der Waals surface area contributed by atoms with Crippen molar-refractivity contribution in [3.05, 3.63) is 12.1 Å². The molecule has 0 saturated carbocycles. The minimum atomic E-state index is -4.47. The van der Waals surface area contributed by atoms with Crippen LogP contribution in [0.5, 0.6) is 0 Å². The Morgan fingerprint density at radius 3 is 2.29 bits per heavy atom. The molecule has 0 fully saturated rings. The van der Waals surface area contributed by atoms with E-state index in [1.165, 1.54) is 0 Å². The molecule has 0 spiro atoms. The minimum Gasteiger partial charge on any atom is -0.296 e. The van der Waals surface area contributed by atoms with Crippen LogP contribution in [0, 0.1) is 6.26 Å². The number of hydrogen-bond acceptors (Lipinski definition) is 3. The highest BCUT2D eigenvalue weighted by molar-refractivity contribution is 8.00. The lowest BCUT2D eigenvalue weighted by Gasteiger charge is -2.13. The summed E-state index contributed by atoms with van der Waals surface area (Å²) in [5, 5.41) is 6.70. The van der Waals surface area contributed by atoms with Gasteiger partial charge in [-0.2, -0.15) is 13.2 Å². The quantitative estimate of drug-likeness (QED) is 0.724. The number of thioether (sulfide) groups is 1. The molecule has 0 aromatic carbocycles. The van der Waals surface area contributed by atoms with Gasteiger partial charge in [0.05, 0.1) is 0 Å². The normalized spacial score (nSPS) is 12.5. The summed E-state index contributed by atoms with van der Waals surface area (Å²) in [4.78, 5) is 0. The standard InChI is InChI=1S/C7H9F3N3S/c1-4(2)13-5(7(8,9)10)11-12-6(13)14-3/h4H,3H2,1-2H3. The van der Waals surface area contributed by atoms with Crippen molar-refractivity contribution in [1.82, 2.24) is 14.8 Å². The van der Waals surface area contributed by atoms with E-state index in [0.717, 1.165) is 16.3 Å². The van der Waals surface area contributed by atoms with Crippen molar-refractivity contribution in [2.24, 2.45) is 0 Å². The highest BCUT2D eigenvalue weighted by Gasteiger charge is 2.38. The van der Waals surface area contributed by atoms with Crippen LogP contribution in [0.4, 0.5) is 13.2 Å². The van der Waals surface area contributed by atoms with Gasteiger partial charge in [-0.15, -0.1) is 10.2 Å².